The van der Waals surface area contributed by atoms with Gasteiger partial charge in [-0.25, -0.2) is 9.38 Å². The highest BCUT2D eigenvalue weighted by atomic mass is 16.1. The van der Waals surface area contributed by atoms with Crippen molar-refractivity contribution in [2.75, 3.05) is 13.1 Å². The Labute approximate surface area is 254 Å². The molecular weight excluding hydrogens is 548 g/mol. The Kier molecular flexibility index (Phi) is 6.78. The van der Waals surface area contributed by atoms with Crippen LogP contribution >= 0.6 is 0 Å². The van der Waals surface area contributed by atoms with Crippen LogP contribution in [0.15, 0.2) is 83.7 Å². The summed E-state index contributed by atoms with van der Waals surface area (Å²) in [4.78, 5) is 39.9. The Morgan fingerprint density at radius 3 is 2.23 bits per heavy atom. The molecular formula is C36H32N6O2. The molecule has 0 unspecified atom stereocenters. The van der Waals surface area contributed by atoms with Gasteiger partial charge in [-0.1, -0.05) is 84.8 Å². The van der Waals surface area contributed by atoms with Gasteiger partial charge < -0.3 is 0 Å². The molecule has 0 N–H and O–H groups in total. The molecule has 0 bridgehead atoms. The van der Waals surface area contributed by atoms with Gasteiger partial charge in [-0.3, -0.25) is 14.5 Å². The van der Waals surface area contributed by atoms with Crippen LogP contribution in [0.1, 0.15) is 52.4 Å². The monoisotopic (exact) mass is 580 g/mol. The van der Waals surface area contributed by atoms with Crippen LogP contribution in [0.4, 0.5) is 0 Å². The molecule has 44 heavy (non-hydrogen) atoms. The smallest absolute Gasteiger partial charge is 0.271 e. The minimum absolute atomic E-state index is 0.0333. The molecule has 1 aliphatic rings. The van der Waals surface area contributed by atoms with Crippen molar-refractivity contribution < 1.29 is 4.79 Å². The lowest BCUT2D eigenvalue weighted by atomic mass is 9.89. The van der Waals surface area contributed by atoms with Crippen LogP contribution in [-0.2, 0) is 6.54 Å². The fraction of sp³-hybridized carbons (Fsp3) is 0.194. The van der Waals surface area contributed by atoms with Crippen LogP contribution in [0.3, 0.4) is 0 Å². The predicted molar refractivity (Wildman–Crippen MR) is 174 cm³/mol. The van der Waals surface area contributed by atoms with E-state index in [0.717, 1.165) is 52.2 Å². The van der Waals surface area contributed by atoms with Crippen LogP contribution in [0.25, 0.3) is 45.3 Å². The number of nitrogens with zero attached hydrogens (tertiary/aromatic N) is 6. The first-order chi connectivity index (χ1) is 21.3. The summed E-state index contributed by atoms with van der Waals surface area (Å²) in [7, 11) is 0. The number of aromatic nitrogens is 5. The number of Topliss-reactive ketones (excluding diaryl/α,β-unsaturated/α-hetero) is 1. The van der Waals surface area contributed by atoms with E-state index in [1.165, 1.54) is 16.9 Å². The van der Waals surface area contributed by atoms with Crippen molar-refractivity contribution in [1.82, 2.24) is 29.0 Å². The summed E-state index contributed by atoms with van der Waals surface area (Å²) in [5.41, 5.74) is 8.66. The van der Waals surface area contributed by atoms with Gasteiger partial charge in [0, 0.05) is 31.1 Å². The zero-order valence-electron chi connectivity index (χ0n) is 25.2. The van der Waals surface area contributed by atoms with Crippen molar-refractivity contribution >= 4 is 34.2 Å². The van der Waals surface area contributed by atoms with Gasteiger partial charge in [0.15, 0.2) is 11.4 Å². The lowest BCUT2D eigenvalue weighted by molar-refractivity contribution is 0.100. The van der Waals surface area contributed by atoms with E-state index < -0.39 is 0 Å². The molecule has 3 aromatic carbocycles. The molecule has 7 rings (SSSR count). The highest BCUT2D eigenvalue weighted by Gasteiger charge is 2.30. The zero-order valence-corrected chi connectivity index (χ0v) is 25.2. The molecule has 1 aliphatic heterocycles. The first-order valence-electron chi connectivity index (χ1n) is 14.8. The largest absolute Gasteiger partial charge is 0.295 e. The van der Waals surface area contributed by atoms with E-state index in [4.69, 9.17) is 9.97 Å². The van der Waals surface area contributed by atoms with Crippen LogP contribution < -0.4 is 5.56 Å². The van der Waals surface area contributed by atoms with E-state index in [9.17, 15) is 9.59 Å². The van der Waals surface area contributed by atoms with Gasteiger partial charge in [0.05, 0.1) is 16.8 Å². The fourth-order valence-electron chi connectivity index (χ4n) is 5.98. The Hall–Kier alpha value is -5.21. The number of benzene rings is 3. The maximum absolute atomic E-state index is 14.6. The minimum atomic E-state index is -0.360. The van der Waals surface area contributed by atoms with Crippen LogP contribution in [-0.4, -0.2) is 47.9 Å². The summed E-state index contributed by atoms with van der Waals surface area (Å²) >= 11 is 0. The molecule has 0 aliphatic carbocycles. The lowest BCUT2D eigenvalue weighted by Gasteiger charge is -2.31. The number of hydrogen-bond donors (Lipinski definition) is 0. The summed E-state index contributed by atoms with van der Waals surface area (Å²) in [5, 5.41) is 4.96. The molecule has 0 spiro atoms. The Balaban J connectivity index is 1.62. The second-order valence-electron chi connectivity index (χ2n) is 11.4. The number of para-hydroxylation sites is 1. The van der Waals surface area contributed by atoms with Crippen molar-refractivity contribution in [3.05, 3.63) is 123 Å². The predicted octanol–water partition coefficient (Wildman–Crippen LogP) is 6.29. The Bertz CT molecular complexity index is 2160. The van der Waals surface area contributed by atoms with Crippen LogP contribution in [0.5, 0.6) is 0 Å². The zero-order chi connectivity index (χ0) is 30.5. The van der Waals surface area contributed by atoms with E-state index >= 15 is 0 Å². The molecule has 0 atom stereocenters. The number of fused-ring (bicyclic) bond motifs is 3. The third kappa shape index (κ3) is 4.64. The second kappa shape index (κ2) is 10.8. The molecule has 0 fully saturated rings. The molecule has 218 valence electrons. The highest BCUT2D eigenvalue weighted by Crippen LogP contribution is 2.38. The number of carbonyl (C=O) groups is 1. The first-order valence-corrected chi connectivity index (χ1v) is 14.8. The van der Waals surface area contributed by atoms with Crippen molar-refractivity contribution in [2.45, 2.75) is 34.2 Å². The number of rotatable bonds is 5. The van der Waals surface area contributed by atoms with Crippen LogP contribution in [0, 0.1) is 13.8 Å². The maximum Gasteiger partial charge on any atom is 0.271 e. The number of aryl methyl sites for hydroxylation is 2. The number of carbonyl (C=O) groups excluding carboxylic acids is 1. The highest BCUT2D eigenvalue weighted by molar-refractivity contribution is 5.99. The normalized spacial score (nSPS) is 14.4. The van der Waals surface area contributed by atoms with Gasteiger partial charge in [0.25, 0.3) is 5.56 Å². The van der Waals surface area contributed by atoms with E-state index in [1.54, 1.807) is 4.68 Å². The number of hydrogen-bond acceptors (Lipinski definition) is 6. The number of likely N-dealkylation sites (N-methyl/N-ethyl adjacent to an activating group) is 1. The van der Waals surface area contributed by atoms with Crippen molar-refractivity contribution in [1.29, 1.82) is 0 Å². The van der Waals surface area contributed by atoms with E-state index in [-0.39, 0.29) is 22.9 Å². The van der Waals surface area contributed by atoms with Crippen LogP contribution in [0.2, 0.25) is 0 Å². The third-order valence-corrected chi connectivity index (χ3v) is 8.30. The molecule has 0 radical (unpaired) electrons. The second-order valence-corrected chi connectivity index (χ2v) is 11.4. The average Bonchev–Trinajstić information content (AvgIpc) is 3.42. The summed E-state index contributed by atoms with van der Waals surface area (Å²) in [6.45, 7) is 9.88. The molecule has 6 aromatic rings. The molecule has 8 heteroatoms. The number of pyridine rings is 1. The average molecular weight is 581 g/mol. The van der Waals surface area contributed by atoms with E-state index in [0.29, 0.717) is 23.3 Å². The topological polar surface area (TPSA) is 85.4 Å². The molecule has 4 heterocycles. The van der Waals surface area contributed by atoms with Gasteiger partial charge >= 0.3 is 0 Å². The van der Waals surface area contributed by atoms with E-state index in [1.807, 2.05) is 49.4 Å². The van der Waals surface area contributed by atoms with Crippen molar-refractivity contribution in [3.8, 4) is 16.8 Å². The third-order valence-electron chi connectivity index (χ3n) is 8.30. The number of ketones is 1. The van der Waals surface area contributed by atoms with Gasteiger partial charge in [-0.15, -0.1) is 5.10 Å². The summed E-state index contributed by atoms with van der Waals surface area (Å²) in [6.07, 6.45) is 2.19. The lowest BCUT2D eigenvalue weighted by Crippen LogP contribution is -2.31. The van der Waals surface area contributed by atoms with Gasteiger partial charge in [-0.05, 0) is 55.3 Å². The Morgan fingerprint density at radius 2 is 1.57 bits per heavy atom. The maximum atomic E-state index is 14.6. The molecule has 0 saturated heterocycles. The van der Waals surface area contributed by atoms with Gasteiger partial charge in [0.2, 0.25) is 11.6 Å². The standard InChI is InChI=1S/C36H32N6O2/c1-5-40-20-27(19-25-15-11-22(2)12-16-25)32-29(21-40)30(26-17-13-23(3)14-18-26)31-33(37-32)38-36-41(35(31)44)34(24(4)43)39-42(36)28-9-7-6-8-10-28/h6-19H,5,20-21H2,1-4H3/b27-19+. The molecule has 0 amide bonds. The quantitative estimate of drug-likeness (QED) is 0.223. The summed E-state index contributed by atoms with van der Waals surface area (Å²) < 4.78 is 2.89. The Morgan fingerprint density at radius 1 is 0.886 bits per heavy atom. The van der Waals surface area contributed by atoms with Gasteiger partial charge in [0.1, 0.15) is 0 Å². The summed E-state index contributed by atoms with van der Waals surface area (Å²) in [5.74, 6) is -0.0431. The van der Waals surface area contributed by atoms with Crippen molar-refractivity contribution in [3.63, 3.8) is 0 Å². The SMILES string of the molecule is CCN1C/C(=C\c2ccc(C)cc2)c2nc3nc4n(-c5ccccc5)nc(C(C)=O)n4c(=O)c3c(-c3ccc(C)cc3)c2C1. The van der Waals surface area contributed by atoms with E-state index in [2.05, 4.69) is 66.3 Å². The minimum Gasteiger partial charge on any atom is -0.295 e. The summed E-state index contributed by atoms with van der Waals surface area (Å²) in [6, 6.07) is 26.0. The van der Waals surface area contributed by atoms with Crippen molar-refractivity contribution in [2.24, 2.45) is 0 Å². The first kappa shape index (κ1) is 27.6. The molecule has 8 nitrogen and oxygen atoms in total. The fourth-order valence-corrected chi connectivity index (χ4v) is 5.98. The molecule has 3 aromatic heterocycles. The van der Waals surface area contributed by atoms with Gasteiger partial charge in [-0.2, -0.15) is 9.67 Å². The molecule has 0 saturated carbocycles.